The predicted octanol–water partition coefficient (Wildman–Crippen LogP) is 5.26. The molecule has 4 heteroatoms. The summed E-state index contributed by atoms with van der Waals surface area (Å²) in [6.45, 7) is 6.92. The highest BCUT2D eigenvalue weighted by Gasteiger charge is 2.39. The lowest BCUT2D eigenvalue weighted by Crippen LogP contribution is -2.43. The molecule has 2 unspecified atom stereocenters. The summed E-state index contributed by atoms with van der Waals surface area (Å²) in [5, 5.41) is 2.22. The molecule has 27 heavy (non-hydrogen) atoms. The zero-order valence-corrected chi connectivity index (χ0v) is 18.8. The maximum Gasteiger partial charge on any atom is 0.129 e. The van der Waals surface area contributed by atoms with Crippen LogP contribution in [-0.4, -0.2) is 44.0 Å². The van der Waals surface area contributed by atoms with Crippen LogP contribution in [-0.2, 0) is 0 Å². The van der Waals surface area contributed by atoms with Crippen molar-refractivity contribution in [3.8, 4) is 17.2 Å². The summed E-state index contributed by atoms with van der Waals surface area (Å²) in [7, 11) is 0.872. The van der Waals surface area contributed by atoms with Crippen LogP contribution in [0, 0.1) is 11.5 Å². The molecular formula is C23H31NOSSi. The van der Waals surface area contributed by atoms with Crippen molar-refractivity contribution < 1.29 is 4.74 Å². The van der Waals surface area contributed by atoms with E-state index in [1.165, 1.54) is 24.0 Å². The van der Waals surface area contributed by atoms with Gasteiger partial charge >= 0.3 is 0 Å². The molecule has 3 aliphatic heterocycles. The van der Waals surface area contributed by atoms with Gasteiger partial charge in [0, 0.05) is 29.3 Å². The van der Waals surface area contributed by atoms with Crippen LogP contribution in [0.4, 0.5) is 0 Å². The van der Waals surface area contributed by atoms with Crippen molar-refractivity contribution in [2.24, 2.45) is 0 Å². The highest BCUT2D eigenvalue weighted by molar-refractivity contribution is 8.02. The van der Waals surface area contributed by atoms with Crippen LogP contribution in [0.15, 0.2) is 29.7 Å². The molecule has 2 bridgehead atoms. The minimum Gasteiger partial charge on any atom is -0.490 e. The lowest BCUT2D eigenvalue weighted by atomic mass is 9.95. The van der Waals surface area contributed by atoms with Gasteiger partial charge < -0.3 is 9.64 Å². The molecule has 2 saturated heterocycles. The third-order valence-electron chi connectivity index (χ3n) is 6.04. The summed E-state index contributed by atoms with van der Waals surface area (Å²) in [5.41, 5.74) is 6.09. The summed E-state index contributed by atoms with van der Waals surface area (Å²) < 4.78 is 6.47. The van der Waals surface area contributed by atoms with E-state index in [0.717, 1.165) is 24.3 Å². The zero-order chi connectivity index (χ0) is 19.0. The molecule has 144 valence electrons. The maximum absolute atomic E-state index is 6.47. The Morgan fingerprint density at radius 3 is 2.52 bits per heavy atom. The van der Waals surface area contributed by atoms with Crippen molar-refractivity contribution in [1.82, 2.24) is 4.90 Å². The van der Waals surface area contributed by atoms with E-state index in [2.05, 4.69) is 72.7 Å². The van der Waals surface area contributed by atoms with Gasteiger partial charge in [0.25, 0.3) is 0 Å². The van der Waals surface area contributed by atoms with Crippen LogP contribution in [0.3, 0.4) is 0 Å². The second-order valence-corrected chi connectivity index (χ2v) is 15.0. The van der Waals surface area contributed by atoms with E-state index in [1.807, 2.05) is 11.8 Å². The largest absolute Gasteiger partial charge is 0.490 e. The molecule has 2 nitrogen and oxygen atoms in total. The first-order valence-electron chi connectivity index (χ1n) is 10.2. The van der Waals surface area contributed by atoms with Crippen LogP contribution >= 0.6 is 11.8 Å². The van der Waals surface area contributed by atoms with E-state index >= 15 is 0 Å². The van der Waals surface area contributed by atoms with Gasteiger partial charge in [0.15, 0.2) is 0 Å². The lowest BCUT2D eigenvalue weighted by molar-refractivity contribution is 0.0661. The fourth-order valence-electron chi connectivity index (χ4n) is 4.50. The number of rotatable bonds is 3. The monoisotopic (exact) mass is 397 g/mol. The molecule has 0 spiro atoms. The Morgan fingerprint density at radius 2 is 1.89 bits per heavy atom. The highest BCUT2D eigenvalue weighted by Crippen LogP contribution is 2.37. The molecule has 3 aliphatic rings. The summed E-state index contributed by atoms with van der Waals surface area (Å²) in [5.74, 6) is 6.13. The number of thioether (sulfide) groups is 1. The summed E-state index contributed by atoms with van der Waals surface area (Å²) in [4.78, 5) is 2.57. The van der Waals surface area contributed by atoms with Crippen molar-refractivity contribution in [3.05, 3.63) is 40.8 Å². The first-order chi connectivity index (χ1) is 12.9. The molecule has 0 aromatic heterocycles. The minimum absolute atomic E-state index is 0.351. The molecule has 3 heterocycles. The summed E-state index contributed by atoms with van der Waals surface area (Å²) >= 11 is 1.89. The molecule has 0 amide bonds. The first-order valence-corrected chi connectivity index (χ1v) is 14.8. The normalized spacial score (nSPS) is 30.2. The molecule has 0 aliphatic carbocycles. The third kappa shape index (κ3) is 4.47. The Balaban J connectivity index is 1.56. The Hall–Kier alpha value is -1.15. The molecule has 0 saturated carbocycles. The van der Waals surface area contributed by atoms with Gasteiger partial charge in [-0.1, -0.05) is 37.7 Å². The summed E-state index contributed by atoms with van der Waals surface area (Å²) in [6, 6.07) is 8.05. The van der Waals surface area contributed by atoms with Crippen molar-refractivity contribution >= 4 is 19.8 Å². The van der Waals surface area contributed by atoms with Crippen molar-refractivity contribution in [3.63, 3.8) is 0 Å². The Bertz CT molecular complexity index is 774. The van der Waals surface area contributed by atoms with Gasteiger partial charge in [-0.15, -0.1) is 17.3 Å². The van der Waals surface area contributed by atoms with Crippen LogP contribution < -0.4 is 4.74 Å². The average molecular weight is 398 g/mol. The van der Waals surface area contributed by atoms with Gasteiger partial charge in [0.1, 0.15) is 19.9 Å². The molecule has 4 atom stereocenters. The van der Waals surface area contributed by atoms with Gasteiger partial charge in [0.05, 0.1) is 0 Å². The topological polar surface area (TPSA) is 12.5 Å². The standard InChI is InChI=1S/C23H31NOSSi/c1-24-19-5-6-20(24)15-22(14-19)25-21-7-8-23(18-9-11-26-16-18)17(13-21)10-12-27(2,3)4/h7-9,11,13,18-20,22H,5-6,14-16H2,1-4H3/t18?,19-,20+,22?. The number of allylic oxidation sites excluding steroid dienone is 1. The fourth-order valence-corrected chi connectivity index (χ4v) is 5.92. The number of fused-ring (bicyclic) bond motifs is 2. The third-order valence-corrected chi connectivity index (χ3v) is 7.81. The first kappa shape index (κ1) is 19.2. The molecule has 1 aromatic rings. The quantitative estimate of drug-likeness (QED) is 0.510. The molecule has 0 N–H and O–H groups in total. The molecule has 1 aromatic carbocycles. The lowest BCUT2D eigenvalue weighted by Gasteiger charge is -2.36. The van der Waals surface area contributed by atoms with E-state index in [0.29, 0.717) is 24.1 Å². The van der Waals surface area contributed by atoms with Gasteiger partial charge in [0.2, 0.25) is 0 Å². The van der Waals surface area contributed by atoms with Gasteiger partial charge in [-0.25, -0.2) is 0 Å². The Morgan fingerprint density at radius 1 is 1.15 bits per heavy atom. The van der Waals surface area contributed by atoms with Crippen LogP contribution in [0.25, 0.3) is 0 Å². The number of benzene rings is 1. The average Bonchev–Trinajstić information content (AvgIpc) is 3.19. The van der Waals surface area contributed by atoms with Crippen LogP contribution in [0.1, 0.15) is 42.7 Å². The smallest absolute Gasteiger partial charge is 0.129 e. The second-order valence-electron chi connectivity index (χ2n) is 9.28. The summed E-state index contributed by atoms with van der Waals surface area (Å²) in [6.07, 6.45) is 7.65. The van der Waals surface area contributed by atoms with Crippen molar-refractivity contribution in [1.29, 1.82) is 0 Å². The molecule has 2 fully saturated rings. The Kier molecular flexibility index (Phi) is 5.47. The van der Waals surface area contributed by atoms with E-state index in [4.69, 9.17) is 4.74 Å². The number of hydrogen-bond acceptors (Lipinski definition) is 3. The maximum atomic E-state index is 6.47. The number of piperidine rings is 1. The number of nitrogens with zero attached hydrogens (tertiary/aromatic N) is 1. The number of hydrogen-bond donors (Lipinski definition) is 0. The van der Waals surface area contributed by atoms with Crippen molar-refractivity contribution in [2.45, 2.75) is 69.4 Å². The fraction of sp³-hybridized carbons (Fsp3) is 0.565. The predicted molar refractivity (Wildman–Crippen MR) is 119 cm³/mol. The minimum atomic E-state index is -1.41. The van der Waals surface area contributed by atoms with Gasteiger partial charge in [-0.05, 0) is 55.8 Å². The van der Waals surface area contributed by atoms with Crippen LogP contribution in [0.2, 0.25) is 19.6 Å². The van der Waals surface area contributed by atoms with E-state index < -0.39 is 8.07 Å². The zero-order valence-electron chi connectivity index (χ0n) is 17.0. The second kappa shape index (κ2) is 7.70. The van der Waals surface area contributed by atoms with Gasteiger partial charge in [-0.3, -0.25) is 0 Å². The Labute approximate surface area is 169 Å². The van der Waals surface area contributed by atoms with E-state index in [9.17, 15) is 0 Å². The highest BCUT2D eigenvalue weighted by atomic mass is 32.2. The van der Waals surface area contributed by atoms with Gasteiger partial charge in [-0.2, -0.15) is 0 Å². The van der Waals surface area contributed by atoms with Crippen LogP contribution in [0.5, 0.6) is 5.75 Å². The van der Waals surface area contributed by atoms with Crippen molar-refractivity contribution in [2.75, 3.05) is 12.8 Å². The number of ether oxygens (including phenoxy) is 1. The van der Waals surface area contributed by atoms with E-state index in [1.54, 1.807) is 0 Å². The SMILES string of the molecule is CN1[C@@H]2CC[C@H]1CC(Oc1ccc(C3C=CSC3)c(C#C[Si](C)(C)C)c1)C2. The molecular weight excluding hydrogens is 366 g/mol. The molecule has 4 rings (SSSR count). The van der Waals surface area contributed by atoms with E-state index in [-0.39, 0.29) is 0 Å². The molecule has 0 radical (unpaired) electrons.